The Morgan fingerprint density at radius 2 is 1.54 bits per heavy atom. The predicted octanol–water partition coefficient (Wildman–Crippen LogP) is 5.34. The quantitative estimate of drug-likeness (QED) is 0.610. The van der Waals surface area contributed by atoms with Gasteiger partial charge in [0.05, 0.1) is 14.5 Å². The lowest BCUT2D eigenvalue weighted by atomic mass is 10.2. The van der Waals surface area contributed by atoms with Crippen LogP contribution < -0.4 is 0 Å². The summed E-state index contributed by atoms with van der Waals surface area (Å²) in [7, 11) is 0. The summed E-state index contributed by atoms with van der Waals surface area (Å²) in [5, 5.41) is 1.35. The summed E-state index contributed by atoms with van der Waals surface area (Å²) < 4.78 is 0.776. The fourth-order valence-electron chi connectivity index (χ4n) is 0.812. The lowest BCUT2D eigenvalue weighted by Gasteiger charge is -2.02. The highest BCUT2D eigenvalue weighted by Gasteiger charge is 2.03. The standard InChI is InChI=1S/C8H7BrCl2.C2H6/c1-2-5-3-6(10)8(9)7(11)4-5;1-2/h3-4H,2H2,1H3;1-2H3. The van der Waals surface area contributed by atoms with Crippen LogP contribution in [0.4, 0.5) is 0 Å². The van der Waals surface area contributed by atoms with Gasteiger partial charge in [-0.25, -0.2) is 0 Å². The lowest BCUT2D eigenvalue weighted by Crippen LogP contribution is -1.81. The average Bonchev–Trinajstić information content (AvgIpc) is 2.16. The van der Waals surface area contributed by atoms with Gasteiger partial charge in [0.1, 0.15) is 0 Å². The van der Waals surface area contributed by atoms with Gasteiger partial charge in [-0.15, -0.1) is 0 Å². The number of benzene rings is 1. The molecule has 13 heavy (non-hydrogen) atoms. The molecule has 0 bridgehead atoms. The smallest absolute Gasteiger partial charge is 0.0565 e. The molecule has 0 spiro atoms. The van der Waals surface area contributed by atoms with Crippen molar-refractivity contribution in [1.29, 1.82) is 0 Å². The zero-order valence-electron chi connectivity index (χ0n) is 8.00. The first-order valence-electron chi connectivity index (χ1n) is 4.28. The Morgan fingerprint density at radius 3 is 1.85 bits per heavy atom. The van der Waals surface area contributed by atoms with Crippen LogP contribution in [0.5, 0.6) is 0 Å². The van der Waals surface area contributed by atoms with Crippen LogP contribution in [-0.4, -0.2) is 0 Å². The van der Waals surface area contributed by atoms with Crippen molar-refractivity contribution in [3.05, 3.63) is 32.2 Å². The molecule has 0 aliphatic heterocycles. The summed E-state index contributed by atoms with van der Waals surface area (Å²) in [6, 6.07) is 3.83. The Kier molecular flexibility index (Phi) is 6.84. The van der Waals surface area contributed by atoms with Gasteiger partial charge in [-0.05, 0) is 40.0 Å². The van der Waals surface area contributed by atoms with Crippen molar-refractivity contribution < 1.29 is 0 Å². The zero-order chi connectivity index (χ0) is 10.4. The summed E-state index contributed by atoms with van der Waals surface area (Å²) in [6.45, 7) is 6.07. The van der Waals surface area contributed by atoms with Crippen molar-refractivity contribution in [2.75, 3.05) is 0 Å². The topological polar surface area (TPSA) is 0 Å². The maximum Gasteiger partial charge on any atom is 0.0565 e. The highest BCUT2D eigenvalue weighted by molar-refractivity contribution is 9.10. The maximum atomic E-state index is 5.87. The van der Waals surface area contributed by atoms with Gasteiger partial charge in [0.25, 0.3) is 0 Å². The van der Waals surface area contributed by atoms with Gasteiger partial charge in [0.2, 0.25) is 0 Å². The Balaban J connectivity index is 0.000000671. The molecule has 3 heteroatoms. The van der Waals surface area contributed by atoms with E-state index in [9.17, 15) is 0 Å². The van der Waals surface area contributed by atoms with Gasteiger partial charge in [0.15, 0.2) is 0 Å². The van der Waals surface area contributed by atoms with E-state index in [1.54, 1.807) is 0 Å². The van der Waals surface area contributed by atoms with Crippen molar-refractivity contribution in [1.82, 2.24) is 0 Å². The van der Waals surface area contributed by atoms with Crippen LogP contribution in [0.25, 0.3) is 0 Å². The molecule has 74 valence electrons. The molecule has 0 atom stereocenters. The molecule has 0 heterocycles. The molecule has 1 rings (SSSR count). The first kappa shape index (κ1) is 13.3. The Morgan fingerprint density at radius 1 is 1.15 bits per heavy atom. The minimum absolute atomic E-state index is 0.675. The third-order valence-electron chi connectivity index (χ3n) is 1.45. The largest absolute Gasteiger partial charge is 0.0830 e. The monoisotopic (exact) mass is 282 g/mol. The van der Waals surface area contributed by atoms with Crippen LogP contribution in [-0.2, 0) is 6.42 Å². The molecule has 1 aromatic carbocycles. The molecule has 1 aromatic rings. The third-order valence-corrected chi connectivity index (χ3v) is 3.36. The second-order valence-corrected chi connectivity index (χ2v) is 3.83. The highest BCUT2D eigenvalue weighted by Crippen LogP contribution is 2.31. The molecule has 0 N–H and O–H groups in total. The molecule has 0 aliphatic carbocycles. The van der Waals surface area contributed by atoms with Gasteiger partial charge >= 0.3 is 0 Å². The van der Waals surface area contributed by atoms with Crippen LogP contribution in [0.2, 0.25) is 10.0 Å². The zero-order valence-corrected chi connectivity index (χ0v) is 11.1. The van der Waals surface area contributed by atoms with E-state index in [1.807, 2.05) is 26.0 Å². The molecule has 0 amide bonds. The van der Waals surface area contributed by atoms with Gasteiger partial charge < -0.3 is 0 Å². The van der Waals surface area contributed by atoms with E-state index >= 15 is 0 Å². The van der Waals surface area contributed by atoms with E-state index in [0.29, 0.717) is 10.0 Å². The fraction of sp³-hybridized carbons (Fsp3) is 0.400. The lowest BCUT2D eigenvalue weighted by molar-refractivity contribution is 1.14. The van der Waals surface area contributed by atoms with E-state index in [-0.39, 0.29) is 0 Å². The molecular weight excluding hydrogens is 271 g/mol. The fourth-order valence-corrected chi connectivity index (χ4v) is 1.57. The normalized spacial score (nSPS) is 9.08. The number of aryl methyl sites for hydroxylation is 1. The minimum atomic E-state index is 0.675. The summed E-state index contributed by atoms with van der Waals surface area (Å²) in [5.74, 6) is 0. The summed E-state index contributed by atoms with van der Waals surface area (Å²) in [4.78, 5) is 0. The highest BCUT2D eigenvalue weighted by atomic mass is 79.9. The van der Waals surface area contributed by atoms with Gasteiger partial charge in [0, 0.05) is 0 Å². The van der Waals surface area contributed by atoms with Gasteiger partial charge in [-0.2, -0.15) is 0 Å². The van der Waals surface area contributed by atoms with Gasteiger partial charge in [-0.3, -0.25) is 0 Å². The molecular formula is C10H13BrCl2. The molecule has 0 unspecified atom stereocenters. The SMILES string of the molecule is CC.CCc1cc(Cl)c(Br)c(Cl)c1. The van der Waals surface area contributed by atoms with Crippen molar-refractivity contribution in [3.63, 3.8) is 0 Å². The van der Waals surface area contributed by atoms with Crippen molar-refractivity contribution in [2.45, 2.75) is 27.2 Å². The molecule has 0 aromatic heterocycles. The van der Waals surface area contributed by atoms with Crippen LogP contribution in [0.1, 0.15) is 26.3 Å². The summed E-state index contributed by atoms with van der Waals surface area (Å²) in [5.41, 5.74) is 1.16. The van der Waals surface area contributed by atoms with Crippen LogP contribution in [0, 0.1) is 0 Å². The minimum Gasteiger partial charge on any atom is -0.0830 e. The third kappa shape index (κ3) is 3.88. The maximum absolute atomic E-state index is 5.87. The summed E-state index contributed by atoms with van der Waals surface area (Å²) >= 11 is 15.0. The van der Waals surface area contributed by atoms with E-state index in [1.165, 1.54) is 0 Å². The van der Waals surface area contributed by atoms with Crippen LogP contribution >= 0.6 is 39.1 Å². The Bertz CT molecular complexity index is 249. The van der Waals surface area contributed by atoms with E-state index in [2.05, 4.69) is 22.9 Å². The average molecular weight is 284 g/mol. The van der Waals surface area contributed by atoms with Crippen molar-refractivity contribution >= 4 is 39.1 Å². The predicted molar refractivity (Wildman–Crippen MR) is 64.9 cm³/mol. The van der Waals surface area contributed by atoms with Gasteiger partial charge in [-0.1, -0.05) is 44.0 Å². The Hall–Kier alpha value is 0.280. The van der Waals surface area contributed by atoms with E-state index in [4.69, 9.17) is 23.2 Å². The van der Waals surface area contributed by atoms with E-state index in [0.717, 1.165) is 16.5 Å². The number of hydrogen-bond donors (Lipinski definition) is 0. The first-order chi connectivity index (χ1) is 6.15. The second kappa shape index (κ2) is 6.69. The molecule has 0 fully saturated rings. The molecule has 0 aliphatic rings. The van der Waals surface area contributed by atoms with Crippen LogP contribution in [0.3, 0.4) is 0 Å². The van der Waals surface area contributed by atoms with Crippen molar-refractivity contribution in [2.24, 2.45) is 0 Å². The Labute approximate surface area is 98.4 Å². The molecule has 0 radical (unpaired) electrons. The first-order valence-corrected chi connectivity index (χ1v) is 5.83. The van der Waals surface area contributed by atoms with Crippen molar-refractivity contribution in [3.8, 4) is 0 Å². The van der Waals surface area contributed by atoms with E-state index < -0.39 is 0 Å². The molecule has 0 nitrogen and oxygen atoms in total. The number of hydrogen-bond acceptors (Lipinski definition) is 0. The van der Waals surface area contributed by atoms with Crippen LogP contribution in [0.15, 0.2) is 16.6 Å². The molecule has 0 saturated carbocycles. The second-order valence-electron chi connectivity index (χ2n) is 2.23. The number of rotatable bonds is 1. The molecule has 0 saturated heterocycles. The summed E-state index contributed by atoms with van der Waals surface area (Å²) in [6.07, 6.45) is 0.951. The number of halogens is 3.